The van der Waals surface area contributed by atoms with Crippen LogP contribution in [0.15, 0.2) is 30.3 Å². The van der Waals surface area contributed by atoms with Gasteiger partial charge in [-0.15, -0.1) is 0 Å². The highest BCUT2D eigenvalue weighted by atomic mass is 16.2. The topological polar surface area (TPSA) is 63.2 Å². The van der Waals surface area contributed by atoms with E-state index >= 15 is 0 Å². The van der Waals surface area contributed by atoms with Gasteiger partial charge in [0.1, 0.15) is 0 Å². The molecule has 4 nitrogen and oxygen atoms in total. The molecule has 1 aromatic rings. The Morgan fingerprint density at radius 1 is 1.14 bits per heavy atom. The molecule has 0 radical (unpaired) electrons. The zero-order valence-electron chi connectivity index (χ0n) is 7.19. The van der Waals surface area contributed by atoms with Crippen LogP contribution < -0.4 is 5.32 Å². The summed E-state index contributed by atoms with van der Waals surface area (Å²) in [5, 5.41) is 2.25. The van der Waals surface area contributed by atoms with Crippen LogP contribution in [0.3, 0.4) is 0 Å². The lowest BCUT2D eigenvalue weighted by atomic mass is 9.95. The Morgan fingerprint density at radius 2 is 1.79 bits per heavy atom. The van der Waals surface area contributed by atoms with E-state index in [9.17, 15) is 14.4 Å². The average Bonchev–Trinajstić information content (AvgIpc) is 2.25. The maximum Gasteiger partial charge on any atom is 0.291 e. The standard InChI is InChI=1S/C10H7NO3/c12-8(6-4-2-1-3-5-6)7-9(13)10(14)11-7/h1-5,7H,(H,11,14). The molecule has 70 valence electrons. The Hall–Kier alpha value is -1.97. The zero-order chi connectivity index (χ0) is 10.1. The van der Waals surface area contributed by atoms with Gasteiger partial charge in [-0.05, 0) is 0 Å². The molecule has 1 N–H and O–H groups in total. The molecule has 1 atom stereocenters. The summed E-state index contributed by atoms with van der Waals surface area (Å²) in [5.74, 6) is -1.69. The first-order valence-corrected chi connectivity index (χ1v) is 4.14. The van der Waals surface area contributed by atoms with Crippen LogP contribution in [-0.4, -0.2) is 23.5 Å². The van der Waals surface area contributed by atoms with E-state index in [1.807, 2.05) is 0 Å². The van der Waals surface area contributed by atoms with Gasteiger partial charge in [-0.2, -0.15) is 0 Å². The van der Waals surface area contributed by atoms with Crippen molar-refractivity contribution in [1.29, 1.82) is 0 Å². The van der Waals surface area contributed by atoms with E-state index in [0.717, 1.165) is 0 Å². The Kier molecular flexibility index (Phi) is 1.89. The first-order valence-electron chi connectivity index (χ1n) is 4.14. The molecule has 14 heavy (non-hydrogen) atoms. The van der Waals surface area contributed by atoms with Crippen LogP contribution >= 0.6 is 0 Å². The van der Waals surface area contributed by atoms with E-state index in [1.165, 1.54) is 0 Å². The molecule has 1 unspecified atom stereocenters. The van der Waals surface area contributed by atoms with Gasteiger partial charge in [-0.3, -0.25) is 14.4 Å². The van der Waals surface area contributed by atoms with Crippen LogP contribution in [0.1, 0.15) is 10.4 Å². The second-order valence-corrected chi connectivity index (χ2v) is 3.00. The Labute approximate surface area is 79.9 Å². The van der Waals surface area contributed by atoms with Crippen molar-refractivity contribution >= 4 is 17.5 Å². The summed E-state index contributed by atoms with van der Waals surface area (Å²) in [6.45, 7) is 0. The van der Waals surface area contributed by atoms with E-state index in [-0.39, 0.29) is 5.78 Å². The van der Waals surface area contributed by atoms with Crippen LogP contribution in [0.4, 0.5) is 0 Å². The second-order valence-electron chi connectivity index (χ2n) is 3.00. The first-order chi connectivity index (χ1) is 6.70. The number of benzene rings is 1. The van der Waals surface area contributed by atoms with Crippen LogP contribution in [0.25, 0.3) is 0 Å². The summed E-state index contributed by atoms with van der Waals surface area (Å²) in [6, 6.07) is 7.44. The molecule has 1 heterocycles. The minimum absolute atomic E-state index is 0.352. The number of hydrogen-bond donors (Lipinski definition) is 1. The van der Waals surface area contributed by atoms with Crippen molar-refractivity contribution < 1.29 is 14.4 Å². The molecule has 4 heteroatoms. The van der Waals surface area contributed by atoms with Crippen molar-refractivity contribution in [2.24, 2.45) is 0 Å². The smallest absolute Gasteiger partial charge is 0.291 e. The highest BCUT2D eigenvalue weighted by Gasteiger charge is 2.42. The number of hydrogen-bond acceptors (Lipinski definition) is 3. The number of β-lactam (4-membered cyclic amide) rings is 1. The van der Waals surface area contributed by atoms with Crippen molar-refractivity contribution in [3.05, 3.63) is 35.9 Å². The van der Waals surface area contributed by atoms with Gasteiger partial charge in [0, 0.05) is 5.56 Å². The minimum atomic E-state index is -0.968. The van der Waals surface area contributed by atoms with Crippen molar-refractivity contribution in [2.45, 2.75) is 6.04 Å². The number of amides is 1. The zero-order valence-corrected chi connectivity index (χ0v) is 7.19. The number of carbonyl (C=O) groups is 3. The third-order valence-corrected chi connectivity index (χ3v) is 2.08. The molecule has 1 fully saturated rings. The Bertz CT molecular complexity index is 411. The summed E-state index contributed by atoms with van der Waals surface area (Å²) in [4.78, 5) is 33.1. The lowest BCUT2D eigenvalue weighted by Crippen LogP contribution is -2.62. The quantitative estimate of drug-likeness (QED) is 0.307. The molecule has 1 aromatic carbocycles. The largest absolute Gasteiger partial charge is 0.332 e. The molecule has 0 aliphatic carbocycles. The van der Waals surface area contributed by atoms with Crippen LogP contribution in [0.5, 0.6) is 0 Å². The Morgan fingerprint density at radius 3 is 2.29 bits per heavy atom. The molecular weight excluding hydrogens is 182 g/mol. The fourth-order valence-corrected chi connectivity index (χ4v) is 1.27. The fourth-order valence-electron chi connectivity index (χ4n) is 1.27. The molecule has 0 aromatic heterocycles. The maximum atomic E-state index is 11.5. The van der Waals surface area contributed by atoms with E-state index in [4.69, 9.17) is 0 Å². The molecule has 1 aliphatic heterocycles. The molecule has 1 saturated heterocycles. The fraction of sp³-hybridized carbons (Fsp3) is 0.100. The summed E-state index contributed by atoms with van der Waals surface area (Å²) < 4.78 is 0. The maximum absolute atomic E-state index is 11.5. The van der Waals surface area contributed by atoms with Crippen molar-refractivity contribution in [1.82, 2.24) is 5.32 Å². The summed E-state index contributed by atoms with van der Waals surface area (Å²) in [5.41, 5.74) is 0.436. The third kappa shape index (κ3) is 1.21. The van der Waals surface area contributed by atoms with Gasteiger partial charge in [-0.25, -0.2) is 0 Å². The number of Topliss-reactive ketones (excluding diaryl/α,β-unsaturated/α-hetero) is 2. The average molecular weight is 189 g/mol. The number of nitrogens with one attached hydrogen (secondary N) is 1. The first kappa shape index (κ1) is 8.62. The highest BCUT2D eigenvalue weighted by molar-refractivity contribution is 6.50. The molecule has 0 spiro atoms. The normalized spacial score (nSPS) is 19.9. The molecule has 0 saturated carbocycles. The molecule has 1 amide bonds. The monoisotopic (exact) mass is 189 g/mol. The van der Waals surface area contributed by atoms with Crippen molar-refractivity contribution in [2.75, 3.05) is 0 Å². The molecule has 2 rings (SSSR count). The highest BCUT2D eigenvalue weighted by Crippen LogP contribution is 2.09. The van der Waals surface area contributed by atoms with Crippen LogP contribution in [-0.2, 0) is 9.59 Å². The number of carbonyl (C=O) groups excluding carboxylic acids is 3. The van der Waals surface area contributed by atoms with Crippen molar-refractivity contribution in [3.63, 3.8) is 0 Å². The minimum Gasteiger partial charge on any atom is -0.332 e. The predicted molar refractivity (Wildman–Crippen MR) is 47.7 cm³/mol. The summed E-state index contributed by atoms with van der Waals surface area (Å²) in [6.07, 6.45) is 0. The van der Waals surface area contributed by atoms with Crippen molar-refractivity contribution in [3.8, 4) is 0 Å². The van der Waals surface area contributed by atoms with Gasteiger partial charge in [-0.1, -0.05) is 30.3 Å². The van der Waals surface area contributed by atoms with Crippen LogP contribution in [0, 0.1) is 0 Å². The Balaban J connectivity index is 2.19. The second kappa shape index (κ2) is 3.06. The molecule has 0 bridgehead atoms. The van der Waals surface area contributed by atoms with E-state index in [0.29, 0.717) is 5.56 Å². The lowest BCUT2D eigenvalue weighted by molar-refractivity contribution is -0.145. The van der Waals surface area contributed by atoms with E-state index < -0.39 is 17.7 Å². The van der Waals surface area contributed by atoms with Crippen LogP contribution in [0.2, 0.25) is 0 Å². The summed E-state index contributed by atoms with van der Waals surface area (Å²) in [7, 11) is 0. The SMILES string of the molecule is O=C1NC(C(=O)c2ccccc2)C1=O. The lowest BCUT2D eigenvalue weighted by Gasteiger charge is -2.23. The van der Waals surface area contributed by atoms with Gasteiger partial charge in [0.05, 0.1) is 0 Å². The number of ketones is 2. The van der Waals surface area contributed by atoms with E-state index in [1.54, 1.807) is 30.3 Å². The molecular formula is C10H7NO3. The van der Waals surface area contributed by atoms with Gasteiger partial charge < -0.3 is 5.32 Å². The van der Waals surface area contributed by atoms with E-state index in [2.05, 4.69) is 5.32 Å². The van der Waals surface area contributed by atoms with Gasteiger partial charge in [0.2, 0.25) is 5.78 Å². The summed E-state index contributed by atoms with van der Waals surface area (Å²) >= 11 is 0. The third-order valence-electron chi connectivity index (χ3n) is 2.08. The number of rotatable bonds is 2. The molecule has 1 aliphatic rings. The van der Waals surface area contributed by atoms with Gasteiger partial charge >= 0.3 is 0 Å². The predicted octanol–water partition coefficient (Wildman–Crippen LogP) is -0.0632. The van der Waals surface area contributed by atoms with Gasteiger partial charge in [0.25, 0.3) is 5.91 Å². The van der Waals surface area contributed by atoms with Gasteiger partial charge in [0.15, 0.2) is 11.8 Å².